The molecule has 158 valence electrons. The Hall–Kier alpha value is -2.48. The lowest BCUT2D eigenvalue weighted by Crippen LogP contribution is -2.43. The Morgan fingerprint density at radius 3 is 2.26 bits per heavy atom. The van der Waals surface area contributed by atoms with E-state index in [0.29, 0.717) is 10.1 Å². The molecule has 8 heteroatoms. The first-order chi connectivity index (χ1) is 15.0. The Morgan fingerprint density at radius 1 is 1.03 bits per heavy atom. The van der Waals surface area contributed by atoms with Crippen molar-refractivity contribution in [1.82, 2.24) is 4.90 Å². The second kappa shape index (κ2) is 8.22. The smallest absolute Gasteiger partial charge is 0.411 e. The Balaban J connectivity index is 1.39. The quantitative estimate of drug-likeness (QED) is 0.517. The third-order valence-corrected chi connectivity index (χ3v) is 8.41. The monoisotopic (exact) mass is 471 g/mol. The standard InChI is InChI=1S/C23H18ClNO4S2/c24-20-10-9-19(31-20)21-25(18(12-30-21)22(26)27)23(28)29-11-17-15-7-3-1-5-13(15)14-6-2-4-8-16(14)17/h1-10,17-18,21H,11-12H2,(H,26,27). The van der Waals surface area contributed by atoms with Crippen LogP contribution >= 0.6 is 34.7 Å². The van der Waals surface area contributed by atoms with Crippen molar-refractivity contribution in [2.24, 2.45) is 0 Å². The fourth-order valence-electron chi connectivity index (χ4n) is 4.27. The number of aliphatic carboxylic acids is 1. The number of carboxylic acid groups (broad SMARTS) is 1. The summed E-state index contributed by atoms with van der Waals surface area (Å²) in [5.41, 5.74) is 4.52. The van der Waals surface area contributed by atoms with Crippen LogP contribution in [-0.4, -0.2) is 40.5 Å². The van der Waals surface area contributed by atoms with Gasteiger partial charge in [-0.1, -0.05) is 60.1 Å². The normalized spacial score (nSPS) is 19.8. The molecule has 5 rings (SSSR count). The fourth-order valence-corrected chi connectivity index (χ4v) is 6.96. The van der Waals surface area contributed by atoms with Gasteiger partial charge in [-0.2, -0.15) is 0 Å². The molecule has 0 radical (unpaired) electrons. The summed E-state index contributed by atoms with van der Waals surface area (Å²) in [7, 11) is 0. The highest BCUT2D eigenvalue weighted by Crippen LogP contribution is 2.47. The molecule has 2 unspecified atom stereocenters. The molecular weight excluding hydrogens is 454 g/mol. The van der Waals surface area contributed by atoms with E-state index in [9.17, 15) is 14.7 Å². The number of carbonyl (C=O) groups is 2. The van der Waals surface area contributed by atoms with E-state index in [1.165, 1.54) is 28.0 Å². The van der Waals surface area contributed by atoms with Gasteiger partial charge in [0.25, 0.3) is 0 Å². The molecule has 0 saturated carbocycles. The number of rotatable bonds is 4. The van der Waals surface area contributed by atoms with E-state index in [0.717, 1.165) is 27.1 Å². The van der Waals surface area contributed by atoms with Crippen LogP contribution in [0.2, 0.25) is 4.34 Å². The number of halogens is 1. The maximum Gasteiger partial charge on any atom is 0.411 e. The Labute approximate surface area is 192 Å². The summed E-state index contributed by atoms with van der Waals surface area (Å²) in [5, 5.41) is 9.24. The molecule has 0 bridgehead atoms. The number of benzene rings is 2. The highest BCUT2D eigenvalue weighted by atomic mass is 35.5. The lowest BCUT2D eigenvalue weighted by atomic mass is 9.98. The van der Waals surface area contributed by atoms with E-state index in [4.69, 9.17) is 16.3 Å². The zero-order valence-electron chi connectivity index (χ0n) is 16.2. The molecular formula is C23H18ClNO4S2. The summed E-state index contributed by atoms with van der Waals surface area (Å²) in [4.78, 5) is 27.1. The van der Waals surface area contributed by atoms with Crippen molar-refractivity contribution in [2.75, 3.05) is 12.4 Å². The Bertz CT molecular complexity index is 1120. The lowest BCUT2D eigenvalue weighted by molar-refractivity contribution is -0.141. The van der Waals surface area contributed by atoms with Crippen LogP contribution in [0.3, 0.4) is 0 Å². The van der Waals surface area contributed by atoms with Crippen LogP contribution in [0, 0.1) is 0 Å². The number of amides is 1. The van der Waals surface area contributed by atoms with Crippen LogP contribution in [0.4, 0.5) is 4.79 Å². The van der Waals surface area contributed by atoms with Crippen molar-refractivity contribution in [1.29, 1.82) is 0 Å². The third-order valence-electron chi connectivity index (χ3n) is 5.67. The van der Waals surface area contributed by atoms with Gasteiger partial charge in [-0.15, -0.1) is 23.1 Å². The molecule has 0 spiro atoms. The molecule has 1 aliphatic carbocycles. The fraction of sp³-hybridized carbons (Fsp3) is 0.217. The third kappa shape index (κ3) is 3.60. The maximum atomic E-state index is 13.1. The molecule has 1 aromatic heterocycles. The Morgan fingerprint density at radius 2 is 1.68 bits per heavy atom. The Kier molecular flexibility index (Phi) is 5.42. The predicted molar refractivity (Wildman–Crippen MR) is 123 cm³/mol. The van der Waals surface area contributed by atoms with Crippen molar-refractivity contribution in [3.05, 3.63) is 81.0 Å². The average Bonchev–Trinajstić information content (AvgIpc) is 3.47. The van der Waals surface area contributed by atoms with Crippen molar-refractivity contribution in [2.45, 2.75) is 17.3 Å². The van der Waals surface area contributed by atoms with Crippen LogP contribution in [0.15, 0.2) is 60.7 Å². The van der Waals surface area contributed by atoms with Crippen LogP contribution in [0.25, 0.3) is 11.1 Å². The maximum absolute atomic E-state index is 13.1. The molecule has 2 aromatic carbocycles. The molecule has 1 fully saturated rings. The number of carbonyl (C=O) groups excluding carboxylic acids is 1. The van der Waals surface area contributed by atoms with E-state index < -0.39 is 23.5 Å². The average molecular weight is 472 g/mol. The van der Waals surface area contributed by atoms with Gasteiger partial charge in [0.15, 0.2) is 0 Å². The van der Waals surface area contributed by atoms with E-state index >= 15 is 0 Å². The van der Waals surface area contributed by atoms with Crippen molar-refractivity contribution in [3.8, 4) is 11.1 Å². The summed E-state index contributed by atoms with van der Waals surface area (Å²) >= 11 is 8.83. The largest absolute Gasteiger partial charge is 0.480 e. The van der Waals surface area contributed by atoms with E-state index in [1.54, 1.807) is 6.07 Å². The van der Waals surface area contributed by atoms with Gasteiger partial charge in [0.05, 0.1) is 4.34 Å². The number of hydrogen-bond donors (Lipinski definition) is 1. The van der Waals surface area contributed by atoms with Gasteiger partial charge >= 0.3 is 12.1 Å². The van der Waals surface area contributed by atoms with Gasteiger partial charge in [-0.25, -0.2) is 9.59 Å². The topological polar surface area (TPSA) is 66.8 Å². The van der Waals surface area contributed by atoms with Crippen molar-refractivity contribution >= 4 is 46.8 Å². The molecule has 2 atom stereocenters. The number of thioether (sulfide) groups is 1. The second-order valence-corrected chi connectivity index (χ2v) is 10.3. The summed E-state index contributed by atoms with van der Waals surface area (Å²) in [6.45, 7) is 0.151. The molecule has 1 saturated heterocycles. The van der Waals surface area contributed by atoms with Crippen LogP contribution in [0.1, 0.15) is 27.3 Å². The minimum atomic E-state index is -1.04. The minimum absolute atomic E-state index is 0.0792. The predicted octanol–water partition coefficient (Wildman–Crippen LogP) is 5.85. The highest BCUT2D eigenvalue weighted by Gasteiger charge is 2.44. The molecule has 1 amide bonds. The van der Waals surface area contributed by atoms with Crippen LogP contribution in [0.5, 0.6) is 0 Å². The molecule has 2 aliphatic rings. The summed E-state index contributed by atoms with van der Waals surface area (Å²) in [6, 6.07) is 18.9. The number of hydrogen-bond acceptors (Lipinski definition) is 5. The molecule has 2 heterocycles. The SMILES string of the molecule is O=C(O)C1CSC(c2ccc(Cl)s2)N1C(=O)OCC1c2ccccc2-c2ccccc21. The van der Waals surface area contributed by atoms with Gasteiger partial charge in [0, 0.05) is 16.5 Å². The first-order valence-electron chi connectivity index (χ1n) is 9.77. The number of carboxylic acids is 1. The van der Waals surface area contributed by atoms with Gasteiger partial charge < -0.3 is 9.84 Å². The zero-order chi connectivity index (χ0) is 21.5. The van der Waals surface area contributed by atoms with E-state index in [-0.39, 0.29) is 12.5 Å². The zero-order valence-corrected chi connectivity index (χ0v) is 18.6. The first-order valence-corrected chi connectivity index (χ1v) is 12.0. The molecule has 1 N–H and O–H groups in total. The molecule has 3 aromatic rings. The number of thiophene rings is 1. The van der Waals surface area contributed by atoms with Gasteiger partial charge in [0.2, 0.25) is 0 Å². The van der Waals surface area contributed by atoms with E-state index in [1.807, 2.05) is 30.3 Å². The van der Waals surface area contributed by atoms with Crippen LogP contribution < -0.4 is 0 Å². The summed E-state index contributed by atoms with van der Waals surface area (Å²) in [5.74, 6) is -0.810. The van der Waals surface area contributed by atoms with Crippen LogP contribution in [-0.2, 0) is 9.53 Å². The van der Waals surface area contributed by atoms with E-state index in [2.05, 4.69) is 24.3 Å². The molecule has 31 heavy (non-hydrogen) atoms. The van der Waals surface area contributed by atoms with Gasteiger partial charge in [-0.3, -0.25) is 4.90 Å². The second-order valence-electron chi connectivity index (χ2n) is 7.39. The number of nitrogens with zero attached hydrogens (tertiary/aromatic N) is 1. The lowest BCUT2D eigenvalue weighted by Gasteiger charge is -2.26. The van der Waals surface area contributed by atoms with Gasteiger partial charge in [0.1, 0.15) is 18.0 Å². The summed E-state index contributed by atoms with van der Waals surface area (Å²) in [6.07, 6.45) is -0.617. The summed E-state index contributed by atoms with van der Waals surface area (Å²) < 4.78 is 6.34. The molecule has 1 aliphatic heterocycles. The van der Waals surface area contributed by atoms with Gasteiger partial charge in [-0.05, 0) is 34.4 Å². The van der Waals surface area contributed by atoms with Crippen molar-refractivity contribution in [3.63, 3.8) is 0 Å². The van der Waals surface area contributed by atoms with Crippen molar-refractivity contribution < 1.29 is 19.4 Å². The minimum Gasteiger partial charge on any atom is -0.480 e. The highest BCUT2D eigenvalue weighted by molar-refractivity contribution is 7.99. The molecule has 5 nitrogen and oxygen atoms in total. The first kappa shape index (κ1) is 20.4. The number of ether oxygens (including phenoxy) is 1. The number of fused-ring (bicyclic) bond motifs is 3.